The number of azide groups is 1. The Morgan fingerprint density at radius 1 is 1.39 bits per heavy atom. The van der Waals surface area contributed by atoms with Gasteiger partial charge in [-0.1, -0.05) is 35.4 Å². The van der Waals surface area contributed by atoms with Gasteiger partial charge in [-0.3, -0.25) is 4.90 Å². The standard InChI is InChI=1S/C16H21FN4O2/c1-16(2,3)23-15(22)21-10-12(17)13(19-20-18)9-14(21)11-7-5-4-6-8-11/h4-8,12-14H,9-10H2,1-3H3/t12?,13-,14-/m0/s1. The number of alkyl halides is 1. The van der Waals surface area contributed by atoms with Gasteiger partial charge >= 0.3 is 6.09 Å². The quantitative estimate of drug-likeness (QED) is 0.460. The average Bonchev–Trinajstić information content (AvgIpc) is 2.48. The third-order valence-corrected chi connectivity index (χ3v) is 3.64. The van der Waals surface area contributed by atoms with Crippen molar-refractivity contribution in [1.29, 1.82) is 0 Å². The fourth-order valence-corrected chi connectivity index (χ4v) is 2.64. The van der Waals surface area contributed by atoms with Crippen LogP contribution in [0.25, 0.3) is 10.4 Å². The van der Waals surface area contributed by atoms with E-state index in [0.29, 0.717) is 0 Å². The highest BCUT2D eigenvalue weighted by atomic mass is 19.1. The number of nitrogens with zero attached hydrogens (tertiary/aromatic N) is 4. The van der Waals surface area contributed by atoms with Gasteiger partial charge in [0.15, 0.2) is 0 Å². The maximum atomic E-state index is 14.3. The van der Waals surface area contributed by atoms with Gasteiger partial charge < -0.3 is 4.74 Å². The van der Waals surface area contributed by atoms with E-state index >= 15 is 0 Å². The van der Waals surface area contributed by atoms with Crippen LogP contribution in [0.2, 0.25) is 0 Å². The van der Waals surface area contributed by atoms with E-state index < -0.39 is 23.9 Å². The van der Waals surface area contributed by atoms with Crippen LogP contribution in [0.5, 0.6) is 0 Å². The Bertz CT molecular complexity index is 596. The molecule has 6 nitrogen and oxygen atoms in total. The fourth-order valence-electron chi connectivity index (χ4n) is 2.64. The number of piperidine rings is 1. The Morgan fingerprint density at radius 3 is 2.61 bits per heavy atom. The predicted octanol–water partition coefficient (Wildman–Crippen LogP) is 4.39. The van der Waals surface area contributed by atoms with E-state index in [1.165, 1.54) is 4.90 Å². The number of carbonyl (C=O) groups excluding carboxylic acids is 1. The van der Waals surface area contributed by atoms with E-state index in [1.807, 2.05) is 30.3 Å². The largest absolute Gasteiger partial charge is 0.444 e. The van der Waals surface area contributed by atoms with Crippen LogP contribution in [0.3, 0.4) is 0 Å². The zero-order valence-electron chi connectivity index (χ0n) is 13.5. The summed E-state index contributed by atoms with van der Waals surface area (Å²) in [5, 5.41) is 3.54. The number of halogens is 1. The minimum absolute atomic E-state index is 0.155. The molecule has 1 aromatic rings. The SMILES string of the molecule is CC(C)(C)OC(=O)N1CC(F)[C@@H](N=[N+]=[N-])C[C@H]1c1ccccc1. The van der Waals surface area contributed by atoms with Gasteiger partial charge in [0.2, 0.25) is 0 Å². The summed E-state index contributed by atoms with van der Waals surface area (Å²) in [7, 11) is 0. The first kappa shape index (κ1) is 17.1. The topological polar surface area (TPSA) is 78.3 Å². The molecule has 0 radical (unpaired) electrons. The Balaban J connectivity index is 2.30. The Morgan fingerprint density at radius 2 is 2.04 bits per heavy atom. The van der Waals surface area contributed by atoms with Crippen molar-refractivity contribution >= 4 is 6.09 Å². The van der Waals surface area contributed by atoms with E-state index in [4.69, 9.17) is 10.3 Å². The van der Waals surface area contributed by atoms with Crippen LogP contribution in [0.4, 0.5) is 9.18 Å². The van der Waals surface area contributed by atoms with Gasteiger partial charge in [0, 0.05) is 4.91 Å². The lowest BCUT2D eigenvalue weighted by Gasteiger charge is -2.40. The van der Waals surface area contributed by atoms with Gasteiger partial charge in [-0.2, -0.15) is 0 Å². The molecule has 0 N–H and O–H groups in total. The first-order valence-corrected chi connectivity index (χ1v) is 7.54. The molecule has 1 unspecified atom stereocenters. The zero-order valence-corrected chi connectivity index (χ0v) is 13.5. The highest BCUT2D eigenvalue weighted by Gasteiger charge is 2.40. The fraction of sp³-hybridized carbons (Fsp3) is 0.562. The molecule has 1 aliphatic rings. The third-order valence-electron chi connectivity index (χ3n) is 3.64. The van der Waals surface area contributed by atoms with Crippen molar-refractivity contribution < 1.29 is 13.9 Å². The van der Waals surface area contributed by atoms with Gasteiger partial charge in [0.1, 0.15) is 11.8 Å². The van der Waals surface area contributed by atoms with Crippen LogP contribution >= 0.6 is 0 Å². The van der Waals surface area contributed by atoms with E-state index in [9.17, 15) is 9.18 Å². The molecule has 1 heterocycles. The van der Waals surface area contributed by atoms with E-state index in [0.717, 1.165) is 5.56 Å². The lowest BCUT2D eigenvalue weighted by molar-refractivity contribution is -0.00452. The number of benzene rings is 1. The van der Waals surface area contributed by atoms with E-state index in [1.54, 1.807) is 20.8 Å². The summed E-state index contributed by atoms with van der Waals surface area (Å²) < 4.78 is 19.6. The van der Waals surface area contributed by atoms with E-state index in [2.05, 4.69) is 10.0 Å². The summed E-state index contributed by atoms with van der Waals surface area (Å²) in [6.45, 7) is 5.14. The Labute approximate surface area is 134 Å². The summed E-state index contributed by atoms with van der Waals surface area (Å²) in [5.41, 5.74) is 8.81. The maximum Gasteiger partial charge on any atom is 0.410 e. The number of hydrogen-bond acceptors (Lipinski definition) is 3. The van der Waals surface area contributed by atoms with Crippen LogP contribution < -0.4 is 0 Å². The summed E-state index contributed by atoms with van der Waals surface area (Å²) in [4.78, 5) is 16.5. The van der Waals surface area contributed by atoms with Gasteiger partial charge in [-0.15, -0.1) is 0 Å². The van der Waals surface area contributed by atoms with Gasteiger partial charge in [-0.05, 0) is 38.3 Å². The second-order valence-corrected chi connectivity index (χ2v) is 6.58. The molecular formula is C16H21FN4O2. The highest BCUT2D eigenvalue weighted by Crippen LogP contribution is 2.34. The van der Waals surface area contributed by atoms with Crippen molar-refractivity contribution in [3.05, 3.63) is 46.3 Å². The molecule has 2 rings (SSSR count). The minimum Gasteiger partial charge on any atom is -0.444 e. The van der Waals surface area contributed by atoms with Crippen LogP contribution in [0, 0.1) is 0 Å². The summed E-state index contributed by atoms with van der Waals surface area (Å²) in [6, 6.07) is 8.14. The second kappa shape index (κ2) is 6.87. The summed E-state index contributed by atoms with van der Waals surface area (Å²) in [5.74, 6) is 0. The van der Waals surface area contributed by atoms with Gasteiger partial charge in [0.05, 0.1) is 18.6 Å². The molecule has 1 saturated heterocycles. The number of hydrogen-bond donors (Lipinski definition) is 0. The molecule has 0 bridgehead atoms. The molecule has 0 spiro atoms. The zero-order chi connectivity index (χ0) is 17.0. The first-order chi connectivity index (χ1) is 10.8. The van der Waals surface area contributed by atoms with Crippen molar-refractivity contribution in [1.82, 2.24) is 4.90 Å². The molecule has 0 saturated carbocycles. The minimum atomic E-state index is -1.40. The molecular weight excluding hydrogens is 299 g/mol. The van der Waals surface area contributed by atoms with Crippen molar-refractivity contribution in [2.24, 2.45) is 5.11 Å². The van der Waals surface area contributed by atoms with Crippen LogP contribution in [0.15, 0.2) is 35.4 Å². The molecule has 23 heavy (non-hydrogen) atoms. The second-order valence-electron chi connectivity index (χ2n) is 6.58. The van der Waals surface area contributed by atoms with Crippen molar-refractivity contribution in [2.45, 2.75) is 51.0 Å². The normalized spacial score (nSPS) is 24.7. The number of ether oxygens (including phenoxy) is 1. The molecule has 7 heteroatoms. The number of likely N-dealkylation sites (tertiary alicyclic amines) is 1. The van der Waals surface area contributed by atoms with Crippen molar-refractivity contribution in [3.63, 3.8) is 0 Å². The van der Waals surface area contributed by atoms with Crippen molar-refractivity contribution in [2.75, 3.05) is 6.54 Å². The smallest absolute Gasteiger partial charge is 0.410 e. The van der Waals surface area contributed by atoms with Crippen LogP contribution in [0.1, 0.15) is 38.8 Å². The lowest BCUT2D eigenvalue weighted by atomic mass is 9.91. The lowest BCUT2D eigenvalue weighted by Crippen LogP contribution is -2.49. The maximum absolute atomic E-state index is 14.3. The molecule has 1 fully saturated rings. The third kappa shape index (κ3) is 4.36. The van der Waals surface area contributed by atoms with E-state index in [-0.39, 0.29) is 19.0 Å². The molecule has 0 aromatic heterocycles. The molecule has 1 aliphatic heterocycles. The Kier molecular flexibility index (Phi) is 5.11. The van der Waals surface area contributed by atoms with Gasteiger partial charge in [-0.25, -0.2) is 9.18 Å². The summed E-state index contributed by atoms with van der Waals surface area (Å²) >= 11 is 0. The van der Waals surface area contributed by atoms with Gasteiger partial charge in [0.25, 0.3) is 0 Å². The number of carbonyl (C=O) groups is 1. The monoisotopic (exact) mass is 320 g/mol. The van der Waals surface area contributed by atoms with Crippen LogP contribution in [-0.2, 0) is 4.74 Å². The van der Waals surface area contributed by atoms with Crippen LogP contribution in [-0.4, -0.2) is 35.4 Å². The molecule has 0 aliphatic carbocycles. The van der Waals surface area contributed by atoms with Crippen molar-refractivity contribution in [3.8, 4) is 0 Å². The first-order valence-electron chi connectivity index (χ1n) is 7.54. The number of amides is 1. The molecule has 1 aromatic carbocycles. The molecule has 124 valence electrons. The Hall–Kier alpha value is -2.27. The average molecular weight is 320 g/mol. The number of rotatable bonds is 2. The molecule has 3 atom stereocenters. The predicted molar refractivity (Wildman–Crippen MR) is 84.6 cm³/mol. The molecule has 1 amide bonds. The summed E-state index contributed by atoms with van der Waals surface area (Å²) in [6.07, 6.45) is -1.74. The highest BCUT2D eigenvalue weighted by molar-refractivity contribution is 5.69.